The van der Waals surface area contributed by atoms with Crippen molar-refractivity contribution in [3.63, 3.8) is 0 Å². The van der Waals surface area contributed by atoms with Gasteiger partial charge in [-0.1, -0.05) is 51.9 Å². The van der Waals surface area contributed by atoms with Crippen LogP contribution in [0.2, 0.25) is 0 Å². The fourth-order valence-electron chi connectivity index (χ4n) is 2.28. The summed E-state index contributed by atoms with van der Waals surface area (Å²) in [6.45, 7) is -0.570. The molecule has 0 rings (SSSR count). The number of rotatable bonds is 16. The molecule has 0 heterocycles. The molecule has 30 heavy (non-hydrogen) atoms. The van der Waals surface area contributed by atoms with Gasteiger partial charge in [-0.2, -0.15) is 26.3 Å². The van der Waals surface area contributed by atoms with Crippen LogP contribution in [0.1, 0.15) is 64.7 Å². The number of halogens is 8. The molecular weight excluding hydrogens is 432 g/mol. The molecule has 0 spiro atoms. The molecule has 0 amide bonds. The van der Waals surface area contributed by atoms with Gasteiger partial charge in [-0.05, 0) is 6.42 Å². The van der Waals surface area contributed by atoms with E-state index in [1.807, 2.05) is 0 Å². The van der Waals surface area contributed by atoms with Crippen LogP contribution in [0, 0.1) is 0 Å². The molecule has 0 fully saturated rings. The molecule has 178 valence electrons. The van der Waals surface area contributed by atoms with Crippen LogP contribution in [0.25, 0.3) is 0 Å². The average molecular weight is 458 g/mol. The Labute approximate surface area is 169 Å². The zero-order chi connectivity index (χ0) is 23.4. The summed E-state index contributed by atoms with van der Waals surface area (Å²) in [7, 11) is 0. The molecule has 0 aliphatic heterocycles. The van der Waals surface area contributed by atoms with E-state index in [9.17, 15) is 44.7 Å². The predicted octanol–water partition coefficient (Wildman–Crippen LogP) is 5.77. The quantitative estimate of drug-likeness (QED) is 0.127. The van der Waals surface area contributed by atoms with Gasteiger partial charge in [-0.15, -0.1) is 0 Å². The molecule has 4 nitrogen and oxygen atoms in total. The largest absolute Gasteiger partial charge is 0.465 e. The minimum atomic E-state index is -6.48. The van der Waals surface area contributed by atoms with Gasteiger partial charge in [0.1, 0.15) is 6.42 Å². The Morgan fingerprint density at radius 1 is 0.767 bits per heavy atom. The van der Waals surface area contributed by atoms with Crippen LogP contribution in [0.5, 0.6) is 0 Å². The van der Waals surface area contributed by atoms with E-state index in [4.69, 9.17) is 0 Å². The third-order valence-electron chi connectivity index (χ3n) is 4.12. The summed E-state index contributed by atoms with van der Waals surface area (Å²) in [6.07, 6.45) is 1.40. The van der Waals surface area contributed by atoms with Gasteiger partial charge in [0.05, 0.1) is 6.61 Å². The fourth-order valence-corrected chi connectivity index (χ4v) is 2.28. The normalized spacial score (nSPS) is 12.9. The second kappa shape index (κ2) is 12.9. The van der Waals surface area contributed by atoms with Crippen LogP contribution in [-0.4, -0.2) is 49.3 Å². The highest BCUT2D eigenvalue weighted by Gasteiger charge is 2.75. The Hall–Kier alpha value is -1.62. The van der Waals surface area contributed by atoms with Crippen molar-refractivity contribution < 1.29 is 54.2 Å². The van der Waals surface area contributed by atoms with Gasteiger partial charge in [0.15, 0.2) is 6.61 Å². The van der Waals surface area contributed by atoms with Gasteiger partial charge in [0.2, 0.25) is 0 Å². The SMILES string of the molecule is CCCCCCCCCCOC(=O)CC(=O)OCC(F)(F)C(F)(F)C(F)(F)C(F)F. The van der Waals surface area contributed by atoms with Gasteiger partial charge in [0, 0.05) is 0 Å². The van der Waals surface area contributed by atoms with Gasteiger partial charge < -0.3 is 9.47 Å². The molecular formula is C18H26F8O4. The summed E-state index contributed by atoms with van der Waals surface area (Å²) in [5.74, 6) is -21.5. The monoisotopic (exact) mass is 458 g/mol. The Morgan fingerprint density at radius 3 is 1.73 bits per heavy atom. The van der Waals surface area contributed by atoms with Crippen molar-refractivity contribution in [1.29, 1.82) is 0 Å². The highest BCUT2D eigenvalue weighted by atomic mass is 19.4. The first kappa shape index (κ1) is 28.4. The van der Waals surface area contributed by atoms with E-state index < -0.39 is 49.2 Å². The third-order valence-corrected chi connectivity index (χ3v) is 4.12. The number of esters is 2. The molecule has 0 saturated carbocycles. The number of carbonyl (C=O) groups excluding carboxylic acids is 2. The smallest absolute Gasteiger partial charge is 0.381 e. The third kappa shape index (κ3) is 9.03. The summed E-state index contributed by atoms with van der Waals surface area (Å²) in [5.41, 5.74) is 0. The van der Waals surface area contributed by atoms with E-state index in [0.29, 0.717) is 6.42 Å². The molecule has 0 aromatic carbocycles. The standard InChI is InChI=1S/C18H26F8O4/c1-2-3-4-5-6-7-8-9-10-29-13(27)11-14(28)30-12-16(21,22)18(25,26)17(23,24)15(19)20/h15H,2-12H2,1H3. The van der Waals surface area contributed by atoms with Crippen molar-refractivity contribution in [3.8, 4) is 0 Å². The molecule has 0 aromatic heterocycles. The summed E-state index contributed by atoms with van der Waals surface area (Å²) < 4.78 is 110. The molecule has 0 aliphatic carbocycles. The van der Waals surface area contributed by atoms with Crippen LogP contribution >= 0.6 is 0 Å². The van der Waals surface area contributed by atoms with Crippen LogP contribution in [0.4, 0.5) is 35.1 Å². The lowest BCUT2D eigenvalue weighted by atomic mass is 10.1. The molecule has 0 aromatic rings. The average Bonchev–Trinajstić information content (AvgIpc) is 2.64. The second-order valence-corrected chi connectivity index (χ2v) is 6.74. The lowest BCUT2D eigenvalue weighted by molar-refractivity contribution is -0.344. The number of alkyl halides is 8. The summed E-state index contributed by atoms with van der Waals surface area (Å²) >= 11 is 0. The van der Waals surface area contributed by atoms with Crippen molar-refractivity contribution in [2.45, 2.75) is 88.9 Å². The van der Waals surface area contributed by atoms with Crippen molar-refractivity contribution in [2.75, 3.05) is 13.2 Å². The zero-order valence-corrected chi connectivity index (χ0v) is 16.5. The van der Waals surface area contributed by atoms with E-state index in [1.54, 1.807) is 0 Å². The highest BCUT2D eigenvalue weighted by Crippen LogP contribution is 2.48. The number of ether oxygens (including phenoxy) is 2. The molecule has 0 saturated heterocycles. The first-order valence-electron chi connectivity index (χ1n) is 9.52. The summed E-state index contributed by atoms with van der Waals surface area (Å²) in [4.78, 5) is 22.6. The van der Waals surface area contributed by atoms with Gasteiger partial charge >= 0.3 is 36.1 Å². The Balaban J connectivity index is 4.19. The first-order chi connectivity index (χ1) is 13.8. The van der Waals surface area contributed by atoms with E-state index in [1.165, 1.54) is 0 Å². The van der Waals surface area contributed by atoms with Crippen LogP contribution in [0.3, 0.4) is 0 Å². The molecule has 0 N–H and O–H groups in total. The van der Waals surface area contributed by atoms with E-state index in [0.717, 1.165) is 44.9 Å². The van der Waals surface area contributed by atoms with Crippen molar-refractivity contribution in [1.82, 2.24) is 0 Å². The lowest BCUT2D eigenvalue weighted by Crippen LogP contribution is -2.59. The maximum absolute atomic E-state index is 13.2. The van der Waals surface area contributed by atoms with Crippen molar-refractivity contribution in [3.05, 3.63) is 0 Å². The molecule has 0 aliphatic rings. The van der Waals surface area contributed by atoms with Gasteiger partial charge in [-0.25, -0.2) is 8.78 Å². The summed E-state index contributed by atoms with van der Waals surface area (Å²) in [6, 6.07) is 0. The Bertz CT molecular complexity index is 526. The van der Waals surface area contributed by atoms with Crippen molar-refractivity contribution in [2.24, 2.45) is 0 Å². The van der Waals surface area contributed by atoms with Crippen molar-refractivity contribution >= 4 is 11.9 Å². The van der Waals surface area contributed by atoms with E-state index in [-0.39, 0.29) is 6.61 Å². The topological polar surface area (TPSA) is 52.6 Å². The minimum Gasteiger partial charge on any atom is -0.465 e. The lowest BCUT2D eigenvalue weighted by Gasteiger charge is -2.31. The Morgan fingerprint density at radius 2 is 1.23 bits per heavy atom. The van der Waals surface area contributed by atoms with Gasteiger partial charge in [-0.3, -0.25) is 9.59 Å². The van der Waals surface area contributed by atoms with E-state index >= 15 is 0 Å². The Kier molecular flexibility index (Phi) is 12.2. The number of unbranched alkanes of at least 4 members (excludes halogenated alkanes) is 7. The van der Waals surface area contributed by atoms with Crippen LogP contribution in [0.15, 0.2) is 0 Å². The minimum absolute atomic E-state index is 0.0596. The van der Waals surface area contributed by atoms with Crippen LogP contribution in [-0.2, 0) is 19.1 Å². The molecule has 0 bridgehead atoms. The number of carbonyl (C=O) groups is 2. The first-order valence-corrected chi connectivity index (χ1v) is 9.52. The zero-order valence-electron chi connectivity index (χ0n) is 16.5. The number of hydrogen-bond acceptors (Lipinski definition) is 4. The number of hydrogen-bond donors (Lipinski definition) is 0. The maximum atomic E-state index is 13.2. The molecule has 0 atom stereocenters. The molecule has 0 unspecified atom stereocenters. The fraction of sp³-hybridized carbons (Fsp3) is 0.889. The predicted molar refractivity (Wildman–Crippen MR) is 90.0 cm³/mol. The maximum Gasteiger partial charge on any atom is 0.381 e. The van der Waals surface area contributed by atoms with Crippen LogP contribution < -0.4 is 0 Å². The van der Waals surface area contributed by atoms with Gasteiger partial charge in [0.25, 0.3) is 0 Å². The van der Waals surface area contributed by atoms with E-state index in [2.05, 4.69) is 16.4 Å². The highest BCUT2D eigenvalue weighted by molar-refractivity contribution is 5.91. The summed E-state index contributed by atoms with van der Waals surface area (Å²) in [5, 5.41) is 0. The molecule has 0 radical (unpaired) electrons. The second-order valence-electron chi connectivity index (χ2n) is 6.74. The molecule has 12 heteroatoms.